The quantitative estimate of drug-likeness (QED) is 0.708. The maximum atomic E-state index is 13.6. The summed E-state index contributed by atoms with van der Waals surface area (Å²) in [5.74, 6) is 0.673. The Labute approximate surface area is 151 Å². The number of hydrogen-bond donors (Lipinski definition) is 2. The van der Waals surface area contributed by atoms with Crippen LogP contribution >= 0.6 is 0 Å². The summed E-state index contributed by atoms with van der Waals surface area (Å²) in [5.41, 5.74) is 1.46. The molecule has 1 fully saturated rings. The SMILES string of the molecule is Fc1ccccc1CCO[C@H]1CC[C@H](Nc2ncnc3[nH]ncc23)CC1. The highest BCUT2D eigenvalue weighted by atomic mass is 19.1. The molecule has 1 aliphatic carbocycles. The minimum atomic E-state index is -0.153. The Morgan fingerprint density at radius 2 is 2.00 bits per heavy atom. The Bertz CT molecular complexity index is 860. The highest BCUT2D eigenvalue weighted by molar-refractivity contribution is 5.85. The van der Waals surface area contributed by atoms with Crippen LogP contribution in [0.15, 0.2) is 36.8 Å². The highest BCUT2D eigenvalue weighted by Gasteiger charge is 2.22. The predicted molar refractivity (Wildman–Crippen MR) is 97.4 cm³/mol. The van der Waals surface area contributed by atoms with Gasteiger partial charge in [0.2, 0.25) is 0 Å². The summed E-state index contributed by atoms with van der Waals surface area (Å²) in [4.78, 5) is 8.49. The van der Waals surface area contributed by atoms with E-state index in [-0.39, 0.29) is 11.9 Å². The van der Waals surface area contributed by atoms with Crippen molar-refractivity contribution in [3.8, 4) is 0 Å². The van der Waals surface area contributed by atoms with Gasteiger partial charge >= 0.3 is 0 Å². The maximum Gasteiger partial charge on any atom is 0.160 e. The van der Waals surface area contributed by atoms with Crippen LogP contribution < -0.4 is 5.32 Å². The van der Waals surface area contributed by atoms with Crippen molar-refractivity contribution in [2.75, 3.05) is 11.9 Å². The average Bonchev–Trinajstić information content (AvgIpc) is 3.15. The van der Waals surface area contributed by atoms with E-state index in [1.165, 1.54) is 6.07 Å². The molecule has 0 saturated heterocycles. The lowest BCUT2D eigenvalue weighted by Gasteiger charge is -2.29. The van der Waals surface area contributed by atoms with Crippen LogP contribution in [0.2, 0.25) is 0 Å². The standard InChI is InChI=1S/C19H22FN5O/c20-17-4-2-1-3-13(17)9-10-26-15-7-5-14(6-8-15)24-18-16-11-23-25-19(16)22-12-21-18/h1-4,11-12,14-15H,5-10H2,(H2,21,22,23,24,25)/t14-,15-. The summed E-state index contributed by atoms with van der Waals surface area (Å²) in [7, 11) is 0. The van der Waals surface area contributed by atoms with Gasteiger partial charge in [0, 0.05) is 6.04 Å². The molecule has 0 bridgehead atoms. The third-order valence-electron chi connectivity index (χ3n) is 4.95. The van der Waals surface area contributed by atoms with Gasteiger partial charge < -0.3 is 10.1 Å². The zero-order valence-electron chi connectivity index (χ0n) is 14.5. The number of aromatic amines is 1. The first kappa shape index (κ1) is 16.9. The van der Waals surface area contributed by atoms with Gasteiger partial charge in [-0.1, -0.05) is 18.2 Å². The molecule has 2 heterocycles. The van der Waals surface area contributed by atoms with Crippen LogP contribution in [0.4, 0.5) is 10.2 Å². The van der Waals surface area contributed by atoms with E-state index < -0.39 is 0 Å². The highest BCUT2D eigenvalue weighted by Crippen LogP contribution is 2.26. The summed E-state index contributed by atoms with van der Waals surface area (Å²) in [6, 6.07) is 7.26. The summed E-state index contributed by atoms with van der Waals surface area (Å²) in [6.07, 6.45) is 8.18. The van der Waals surface area contributed by atoms with Gasteiger partial charge in [-0.25, -0.2) is 14.4 Å². The molecule has 0 spiro atoms. The van der Waals surface area contributed by atoms with Crippen molar-refractivity contribution in [3.05, 3.63) is 48.2 Å². The van der Waals surface area contributed by atoms with Crippen LogP contribution in [0.25, 0.3) is 11.0 Å². The van der Waals surface area contributed by atoms with Crippen molar-refractivity contribution >= 4 is 16.9 Å². The number of H-pyrrole nitrogens is 1. The average molecular weight is 355 g/mol. The third-order valence-corrected chi connectivity index (χ3v) is 4.95. The molecular formula is C19H22FN5O. The smallest absolute Gasteiger partial charge is 0.160 e. The second-order valence-corrected chi connectivity index (χ2v) is 6.68. The van der Waals surface area contributed by atoms with E-state index in [1.807, 2.05) is 12.1 Å². The Morgan fingerprint density at radius 3 is 2.85 bits per heavy atom. The topological polar surface area (TPSA) is 75.7 Å². The fourth-order valence-corrected chi connectivity index (χ4v) is 3.48. The number of hydrogen-bond acceptors (Lipinski definition) is 5. The van der Waals surface area contributed by atoms with Crippen LogP contribution in [0.3, 0.4) is 0 Å². The van der Waals surface area contributed by atoms with Gasteiger partial charge in [0.05, 0.1) is 24.3 Å². The fraction of sp³-hybridized carbons (Fsp3) is 0.421. The van der Waals surface area contributed by atoms with E-state index in [1.54, 1.807) is 18.6 Å². The summed E-state index contributed by atoms with van der Waals surface area (Å²) < 4.78 is 19.6. The Kier molecular flexibility index (Phi) is 5.06. The van der Waals surface area contributed by atoms with E-state index in [9.17, 15) is 4.39 Å². The van der Waals surface area contributed by atoms with Gasteiger partial charge in [-0.2, -0.15) is 5.10 Å². The molecule has 6 nitrogen and oxygen atoms in total. The van der Waals surface area contributed by atoms with Crippen molar-refractivity contribution in [3.63, 3.8) is 0 Å². The van der Waals surface area contributed by atoms with Crippen LogP contribution in [0, 0.1) is 5.82 Å². The first-order chi connectivity index (χ1) is 12.8. The van der Waals surface area contributed by atoms with E-state index in [4.69, 9.17) is 4.74 Å². The molecule has 0 amide bonds. The second-order valence-electron chi connectivity index (χ2n) is 6.68. The Hall–Kier alpha value is -2.54. The molecule has 1 saturated carbocycles. The second kappa shape index (κ2) is 7.78. The lowest BCUT2D eigenvalue weighted by Crippen LogP contribution is -2.30. The number of rotatable bonds is 6. The van der Waals surface area contributed by atoms with E-state index in [0.717, 1.165) is 48.1 Å². The molecule has 26 heavy (non-hydrogen) atoms. The number of anilines is 1. The van der Waals surface area contributed by atoms with Gasteiger partial charge in [-0.3, -0.25) is 5.10 Å². The molecule has 1 aliphatic rings. The predicted octanol–water partition coefficient (Wildman–Crippen LogP) is 3.47. The molecule has 3 aromatic rings. The van der Waals surface area contributed by atoms with Crippen molar-refractivity contribution in [2.45, 2.75) is 44.2 Å². The first-order valence-electron chi connectivity index (χ1n) is 9.05. The van der Waals surface area contributed by atoms with Crippen LogP contribution in [0.1, 0.15) is 31.2 Å². The van der Waals surface area contributed by atoms with Gasteiger partial charge in [0.15, 0.2) is 5.65 Å². The molecule has 0 radical (unpaired) electrons. The zero-order chi connectivity index (χ0) is 17.8. The minimum Gasteiger partial charge on any atom is -0.378 e. The Morgan fingerprint density at radius 1 is 1.15 bits per heavy atom. The third kappa shape index (κ3) is 3.83. The molecule has 7 heteroatoms. The Balaban J connectivity index is 1.24. The molecule has 0 unspecified atom stereocenters. The molecule has 0 atom stereocenters. The van der Waals surface area contributed by atoms with Crippen molar-refractivity contribution in [1.29, 1.82) is 0 Å². The fourth-order valence-electron chi connectivity index (χ4n) is 3.48. The normalized spacial score (nSPS) is 20.3. The van der Waals surface area contributed by atoms with Gasteiger partial charge in [0.25, 0.3) is 0 Å². The maximum absolute atomic E-state index is 13.6. The number of nitrogens with one attached hydrogen (secondary N) is 2. The molecular weight excluding hydrogens is 333 g/mol. The van der Waals surface area contributed by atoms with Gasteiger partial charge in [0.1, 0.15) is 18.0 Å². The summed E-state index contributed by atoms with van der Waals surface area (Å²) in [5, 5.41) is 11.3. The largest absolute Gasteiger partial charge is 0.378 e. The zero-order valence-corrected chi connectivity index (χ0v) is 14.5. The molecule has 1 aromatic carbocycles. The van der Waals surface area contributed by atoms with E-state index in [2.05, 4.69) is 25.5 Å². The molecule has 4 rings (SSSR count). The van der Waals surface area contributed by atoms with Gasteiger partial charge in [-0.05, 0) is 43.7 Å². The van der Waals surface area contributed by atoms with Crippen LogP contribution in [-0.4, -0.2) is 38.9 Å². The van der Waals surface area contributed by atoms with E-state index in [0.29, 0.717) is 19.1 Å². The monoisotopic (exact) mass is 355 g/mol. The molecule has 136 valence electrons. The minimum absolute atomic E-state index is 0.153. The number of ether oxygens (including phenoxy) is 1. The van der Waals surface area contributed by atoms with Crippen molar-refractivity contribution < 1.29 is 9.13 Å². The number of fused-ring (bicyclic) bond motifs is 1. The van der Waals surface area contributed by atoms with Crippen molar-refractivity contribution in [1.82, 2.24) is 20.2 Å². The number of benzene rings is 1. The van der Waals surface area contributed by atoms with Crippen molar-refractivity contribution in [2.24, 2.45) is 0 Å². The lowest BCUT2D eigenvalue weighted by molar-refractivity contribution is 0.0280. The van der Waals surface area contributed by atoms with Gasteiger partial charge in [-0.15, -0.1) is 0 Å². The molecule has 2 aromatic heterocycles. The summed E-state index contributed by atoms with van der Waals surface area (Å²) >= 11 is 0. The van der Waals surface area contributed by atoms with E-state index >= 15 is 0 Å². The molecule has 2 N–H and O–H groups in total. The number of nitrogens with zero attached hydrogens (tertiary/aromatic N) is 3. The van der Waals surface area contributed by atoms with Crippen LogP contribution in [0.5, 0.6) is 0 Å². The van der Waals surface area contributed by atoms with Crippen LogP contribution in [-0.2, 0) is 11.2 Å². The lowest BCUT2D eigenvalue weighted by atomic mass is 9.93. The first-order valence-corrected chi connectivity index (χ1v) is 9.05. The number of aromatic nitrogens is 4. The summed E-state index contributed by atoms with van der Waals surface area (Å²) in [6.45, 7) is 0.561. The number of halogens is 1. The molecule has 0 aliphatic heterocycles.